The van der Waals surface area contributed by atoms with Gasteiger partial charge in [-0.3, -0.25) is 4.57 Å². The Balaban J connectivity index is 2.76. The monoisotopic (exact) mass is 279 g/mol. The molecule has 2 aromatic rings. The molecule has 5 heteroatoms. The van der Waals surface area contributed by atoms with E-state index in [-0.39, 0.29) is 0 Å². The van der Waals surface area contributed by atoms with Gasteiger partial charge in [0.2, 0.25) is 0 Å². The Labute approximate surface area is 115 Å². The molecule has 0 spiro atoms. The first-order valence-electron chi connectivity index (χ1n) is 5.29. The van der Waals surface area contributed by atoms with Crippen LogP contribution in [0.2, 0.25) is 10.0 Å². The highest BCUT2D eigenvalue weighted by atomic mass is 35.5. The van der Waals surface area contributed by atoms with Crippen LogP contribution in [-0.4, -0.2) is 4.57 Å². The van der Waals surface area contributed by atoms with Crippen molar-refractivity contribution in [2.45, 2.75) is 13.8 Å². The van der Waals surface area contributed by atoms with E-state index in [1.807, 2.05) is 13.8 Å². The van der Waals surface area contributed by atoms with Crippen LogP contribution in [0, 0.1) is 25.2 Å². The predicted octanol–water partition coefficient (Wildman–Crippen LogP) is 3.85. The van der Waals surface area contributed by atoms with Crippen LogP contribution in [0.3, 0.4) is 0 Å². The second kappa shape index (κ2) is 4.56. The van der Waals surface area contributed by atoms with Crippen LogP contribution >= 0.6 is 23.2 Å². The van der Waals surface area contributed by atoms with Gasteiger partial charge >= 0.3 is 0 Å². The summed E-state index contributed by atoms with van der Waals surface area (Å²) in [7, 11) is 0. The third-order valence-corrected chi connectivity index (χ3v) is 3.40. The molecule has 18 heavy (non-hydrogen) atoms. The molecule has 0 aliphatic carbocycles. The fourth-order valence-electron chi connectivity index (χ4n) is 1.98. The number of nitrogens with two attached hydrogens (primary N) is 1. The summed E-state index contributed by atoms with van der Waals surface area (Å²) in [4.78, 5) is 0. The molecule has 0 unspecified atom stereocenters. The van der Waals surface area contributed by atoms with Crippen molar-refractivity contribution in [1.29, 1.82) is 5.26 Å². The minimum absolute atomic E-state index is 0.408. The van der Waals surface area contributed by atoms with Gasteiger partial charge < -0.3 is 5.73 Å². The highest BCUT2D eigenvalue weighted by molar-refractivity contribution is 6.34. The van der Waals surface area contributed by atoms with Gasteiger partial charge in [-0.1, -0.05) is 23.2 Å². The van der Waals surface area contributed by atoms with Crippen molar-refractivity contribution in [3.8, 4) is 11.8 Å². The summed E-state index contributed by atoms with van der Waals surface area (Å²) in [6.07, 6.45) is 0. The molecule has 3 nitrogen and oxygen atoms in total. The average molecular weight is 280 g/mol. The summed E-state index contributed by atoms with van der Waals surface area (Å²) < 4.78 is 1.78. The number of hydrogen-bond acceptors (Lipinski definition) is 2. The fraction of sp³-hybridized carbons (Fsp3) is 0.154. The van der Waals surface area contributed by atoms with Crippen LogP contribution in [0.1, 0.15) is 16.8 Å². The Morgan fingerprint density at radius 1 is 1.17 bits per heavy atom. The smallest absolute Gasteiger partial charge is 0.126 e. The van der Waals surface area contributed by atoms with Gasteiger partial charge in [0.05, 0.1) is 11.3 Å². The molecule has 0 saturated heterocycles. The van der Waals surface area contributed by atoms with Crippen LogP contribution in [0.25, 0.3) is 5.69 Å². The molecule has 2 N–H and O–H groups in total. The zero-order valence-electron chi connectivity index (χ0n) is 9.96. The molecule has 0 amide bonds. The SMILES string of the molecule is Cc1c(C#N)c(N)n(-c2cc(Cl)cc(Cl)c2)c1C. The molecular formula is C13H11Cl2N3. The summed E-state index contributed by atoms with van der Waals surface area (Å²) >= 11 is 12.0. The Hall–Kier alpha value is -1.63. The Morgan fingerprint density at radius 3 is 2.17 bits per heavy atom. The average Bonchev–Trinajstić information content (AvgIpc) is 2.48. The van der Waals surface area contributed by atoms with Crippen LogP contribution < -0.4 is 5.73 Å². The van der Waals surface area contributed by atoms with E-state index >= 15 is 0 Å². The van der Waals surface area contributed by atoms with E-state index in [0.29, 0.717) is 21.4 Å². The van der Waals surface area contributed by atoms with Gasteiger partial charge in [0.15, 0.2) is 0 Å². The Bertz CT molecular complexity index is 646. The number of halogens is 2. The summed E-state index contributed by atoms with van der Waals surface area (Å²) in [5.74, 6) is 0.408. The number of benzene rings is 1. The van der Waals surface area contributed by atoms with Crippen molar-refractivity contribution in [2.75, 3.05) is 5.73 Å². The first-order valence-corrected chi connectivity index (χ1v) is 6.05. The number of anilines is 1. The molecule has 0 radical (unpaired) electrons. The van der Waals surface area contributed by atoms with Gasteiger partial charge in [0, 0.05) is 15.7 Å². The lowest BCUT2D eigenvalue weighted by Gasteiger charge is -2.10. The van der Waals surface area contributed by atoms with E-state index in [9.17, 15) is 0 Å². The van der Waals surface area contributed by atoms with Gasteiger partial charge in [-0.2, -0.15) is 5.26 Å². The number of nitrogens with zero attached hydrogens (tertiary/aromatic N) is 2. The van der Waals surface area contributed by atoms with E-state index in [0.717, 1.165) is 16.9 Å². The largest absolute Gasteiger partial charge is 0.384 e. The van der Waals surface area contributed by atoms with Gasteiger partial charge in [-0.05, 0) is 37.6 Å². The molecule has 0 atom stereocenters. The van der Waals surface area contributed by atoms with E-state index in [2.05, 4.69) is 6.07 Å². The Kier molecular flexibility index (Phi) is 3.25. The first kappa shape index (κ1) is 12.8. The molecule has 0 saturated carbocycles. The molecule has 1 aromatic carbocycles. The molecular weight excluding hydrogens is 269 g/mol. The van der Waals surface area contributed by atoms with Crippen molar-refractivity contribution >= 4 is 29.0 Å². The number of nitriles is 1. The maximum atomic E-state index is 9.10. The minimum atomic E-state index is 0.408. The normalized spacial score (nSPS) is 10.4. The van der Waals surface area contributed by atoms with Crippen LogP contribution in [0.4, 0.5) is 5.82 Å². The lowest BCUT2D eigenvalue weighted by atomic mass is 10.2. The third-order valence-electron chi connectivity index (χ3n) is 2.97. The summed E-state index contributed by atoms with van der Waals surface area (Å²) in [5, 5.41) is 10.2. The van der Waals surface area contributed by atoms with Crippen molar-refractivity contribution < 1.29 is 0 Å². The fourth-order valence-corrected chi connectivity index (χ4v) is 2.49. The van der Waals surface area contributed by atoms with E-state index in [1.165, 1.54) is 0 Å². The van der Waals surface area contributed by atoms with Crippen molar-refractivity contribution in [1.82, 2.24) is 4.57 Å². The van der Waals surface area contributed by atoms with Crippen molar-refractivity contribution in [2.24, 2.45) is 0 Å². The van der Waals surface area contributed by atoms with Crippen LogP contribution in [-0.2, 0) is 0 Å². The predicted molar refractivity (Wildman–Crippen MR) is 74.4 cm³/mol. The lowest BCUT2D eigenvalue weighted by molar-refractivity contribution is 1.02. The zero-order valence-corrected chi connectivity index (χ0v) is 11.5. The third kappa shape index (κ3) is 1.94. The van der Waals surface area contributed by atoms with Crippen molar-refractivity contribution in [3.05, 3.63) is 45.1 Å². The highest BCUT2D eigenvalue weighted by Gasteiger charge is 2.16. The molecule has 0 aliphatic rings. The molecule has 1 heterocycles. The number of hydrogen-bond donors (Lipinski definition) is 1. The van der Waals surface area contributed by atoms with Crippen molar-refractivity contribution in [3.63, 3.8) is 0 Å². The van der Waals surface area contributed by atoms with Crippen LogP contribution in [0.15, 0.2) is 18.2 Å². The van der Waals surface area contributed by atoms with E-state index in [4.69, 9.17) is 34.2 Å². The first-order chi connectivity index (χ1) is 8.45. The topological polar surface area (TPSA) is 54.7 Å². The molecule has 0 fully saturated rings. The number of rotatable bonds is 1. The Morgan fingerprint density at radius 2 is 1.72 bits per heavy atom. The van der Waals surface area contributed by atoms with E-state index in [1.54, 1.807) is 22.8 Å². The standard InChI is InChI=1S/C13H11Cl2N3/c1-7-8(2)18(13(17)12(7)6-16)11-4-9(14)3-10(15)5-11/h3-5H,17H2,1-2H3. The molecule has 2 rings (SSSR count). The molecule has 92 valence electrons. The lowest BCUT2D eigenvalue weighted by Crippen LogP contribution is -2.02. The minimum Gasteiger partial charge on any atom is -0.384 e. The quantitative estimate of drug-likeness (QED) is 0.862. The molecule has 0 bridgehead atoms. The van der Waals surface area contributed by atoms with Crippen LogP contribution in [0.5, 0.6) is 0 Å². The maximum Gasteiger partial charge on any atom is 0.126 e. The number of nitrogen functional groups attached to an aromatic ring is 1. The van der Waals surface area contributed by atoms with Gasteiger partial charge in [0.25, 0.3) is 0 Å². The van der Waals surface area contributed by atoms with Gasteiger partial charge in [-0.15, -0.1) is 0 Å². The number of aromatic nitrogens is 1. The molecule has 0 aliphatic heterocycles. The second-order valence-corrected chi connectivity index (χ2v) is 4.92. The van der Waals surface area contributed by atoms with Gasteiger partial charge in [-0.25, -0.2) is 0 Å². The maximum absolute atomic E-state index is 9.10. The zero-order chi connectivity index (χ0) is 13.4. The summed E-state index contributed by atoms with van der Waals surface area (Å²) in [6, 6.07) is 7.29. The second-order valence-electron chi connectivity index (χ2n) is 4.05. The highest BCUT2D eigenvalue weighted by Crippen LogP contribution is 2.30. The van der Waals surface area contributed by atoms with E-state index < -0.39 is 0 Å². The van der Waals surface area contributed by atoms with Gasteiger partial charge in [0.1, 0.15) is 11.9 Å². The molecule has 1 aromatic heterocycles. The summed E-state index contributed by atoms with van der Waals surface area (Å²) in [6.45, 7) is 3.77. The summed E-state index contributed by atoms with van der Waals surface area (Å²) in [5.41, 5.74) is 9.02.